The van der Waals surface area contributed by atoms with Crippen LogP contribution in [-0.2, 0) is 0 Å². The topological polar surface area (TPSA) is 43.7 Å². The Morgan fingerprint density at radius 3 is 2.74 bits per heavy atom. The highest BCUT2D eigenvalue weighted by molar-refractivity contribution is 5.18. The minimum atomic E-state index is -0.481. The van der Waals surface area contributed by atoms with Crippen LogP contribution in [0.25, 0.3) is 0 Å². The van der Waals surface area contributed by atoms with E-state index in [1.54, 1.807) is 5.57 Å². The molecule has 0 saturated heterocycles. The van der Waals surface area contributed by atoms with Gasteiger partial charge in [-0.05, 0) is 83.8 Å². The Morgan fingerprint density at radius 2 is 2.04 bits per heavy atom. The maximum Gasteiger partial charge on any atom is 0.0755 e. The molecule has 27 heavy (non-hydrogen) atoms. The molecule has 2 N–H and O–H groups in total. The van der Waals surface area contributed by atoms with Gasteiger partial charge in [0.1, 0.15) is 0 Å². The lowest BCUT2D eigenvalue weighted by atomic mass is 9.89. The number of unbranched alkanes of at least 4 members (excludes halogenated alkanes) is 2. The van der Waals surface area contributed by atoms with Crippen LogP contribution in [0, 0.1) is 35.5 Å². The molecule has 0 spiro atoms. The molecular weight excluding hydrogens is 334 g/mol. The summed E-state index contributed by atoms with van der Waals surface area (Å²) in [5.74, 6) is 7.40. The van der Waals surface area contributed by atoms with Crippen LogP contribution in [0.3, 0.4) is 0 Å². The van der Waals surface area contributed by atoms with E-state index in [0.717, 1.165) is 25.8 Å². The molecule has 3 nitrogen and oxygen atoms in total. The average molecular weight is 374 g/mol. The highest BCUT2D eigenvalue weighted by Gasteiger charge is 2.44. The highest BCUT2D eigenvalue weighted by Crippen LogP contribution is 2.50. The smallest absolute Gasteiger partial charge is 0.0755 e. The van der Waals surface area contributed by atoms with Gasteiger partial charge in [-0.25, -0.2) is 0 Å². The second kappa shape index (κ2) is 11.1. The van der Waals surface area contributed by atoms with Gasteiger partial charge in [-0.3, -0.25) is 0 Å². The van der Waals surface area contributed by atoms with Gasteiger partial charge in [0.25, 0.3) is 0 Å². The summed E-state index contributed by atoms with van der Waals surface area (Å²) in [7, 11) is 4.26. The van der Waals surface area contributed by atoms with Gasteiger partial charge in [-0.1, -0.05) is 30.7 Å². The average Bonchev–Trinajstić information content (AvgIpc) is 3.13. The molecule has 3 heteroatoms. The summed E-state index contributed by atoms with van der Waals surface area (Å²) in [6.45, 7) is 5.02. The summed E-state index contributed by atoms with van der Waals surface area (Å²) in [4.78, 5) is 2.25. The summed E-state index contributed by atoms with van der Waals surface area (Å²) < 4.78 is 0. The van der Waals surface area contributed by atoms with E-state index < -0.39 is 6.10 Å². The summed E-state index contributed by atoms with van der Waals surface area (Å²) in [5.41, 5.74) is 1.59. The summed E-state index contributed by atoms with van der Waals surface area (Å²) >= 11 is 0. The Morgan fingerprint density at radius 1 is 1.26 bits per heavy atom. The van der Waals surface area contributed by atoms with Gasteiger partial charge in [0.15, 0.2) is 0 Å². The molecule has 0 aromatic rings. The quantitative estimate of drug-likeness (QED) is 0.364. The third-order valence-electron chi connectivity index (χ3n) is 6.32. The fourth-order valence-electron chi connectivity index (χ4n) is 4.63. The molecule has 6 atom stereocenters. The van der Waals surface area contributed by atoms with Crippen molar-refractivity contribution in [1.82, 2.24) is 4.90 Å². The fraction of sp³-hybridized carbons (Fsp3) is 0.750. The first kappa shape index (κ1) is 22.2. The molecule has 0 radical (unpaired) electrons. The Balaban J connectivity index is 1.85. The molecule has 2 saturated carbocycles. The van der Waals surface area contributed by atoms with Crippen molar-refractivity contribution in [2.24, 2.45) is 23.7 Å². The van der Waals surface area contributed by atoms with E-state index in [2.05, 4.69) is 43.0 Å². The molecular formula is C24H39NO2. The van der Waals surface area contributed by atoms with Crippen molar-refractivity contribution in [1.29, 1.82) is 0 Å². The molecule has 0 heterocycles. The minimum absolute atomic E-state index is 0.129. The van der Waals surface area contributed by atoms with Crippen LogP contribution in [0.1, 0.15) is 58.8 Å². The van der Waals surface area contributed by atoms with Crippen LogP contribution in [-0.4, -0.2) is 48.0 Å². The van der Waals surface area contributed by atoms with E-state index in [1.807, 2.05) is 19.9 Å². The van der Waals surface area contributed by atoms with Gasteiger partial charge in [0.2, 0.25) is 0 Å². The molecule has 2 rings (SSSR count). The molecule has 0 bridgehead atoms. The van der Waals surface area contributed by atoms with Gasteiger partial charge < -0.3 is 15.1 Å². The van der Waals surface area contributed by atoms with Gasteiger partial charge in [-0.15, -0.1) is 11.8 Å². The SMILES string of the molecule is CC#CC[C@H](C)[C@H](O)C=C[C@@H]1[C@H]2CC(=CCCCCN(C)C)C[C@H]2C[C@H]1O. The third-order valence-corrected chi connectivity index (χ3v) is 6.32. The van der Waals surface area contributed by atoms with E-state index in [4.69, 9.17) is 0 Å². The number of rotatable bonds is 9. The molecule has 152 valence electrons. The highest BCUT2D eigenvalue weighted by atomic mass is 16.3. The van der Waals surface area contributed by atoms with Gasteiger partial charge in [0.05, 0.1) is 12.2 Å². The second-order valence-electron chi connectivity index (χ2n) is 8.86. The maximum absolute atomic E-state index is 10.5. The van der Waals surface area contributed by atoms with Crippen LogP contribution in [0.2, 0.25) is 0 Å². The lowest BCUT2D eigenvalue weighted by Gasteiger charge is -2.19. The first-order valence-corrected chi connectivity index (χ1v) is 10.7. The van der Waals surface area contributed by atoms with E-state index in [-0.39, 0.29) is 17.9 Å². The summed E-state index contributed by atoms with van der Waals surface area (Å²) in [6.07, 6.45) is 13.3. The fourth-order valence-corrected chi connectivity index (χ4v) is 4.63. The van der Waals surface area contributed by atoms with E-state index in [0.29, 0.717) is 18.3 Å². The second-order valence-corrected chi connectivity index (χ2v) is 8.86. The van der Waals surface area contributed by atoms with Crippen LogP contribution in [0.5, 0.6) is 0 Å². The van der Waals surface area contributed by atoms with Crippen molar-refractivity contribution >= 4 is 0 Å². The van der Waals surface area contributed by atoms with Crippen LogP contribution in [0.4, 0.5) is 0 Å². The van der Waals surface area contributed by atoms with E-state index >= 15 is 0 Å². The van der Waals surface area contributed by atoms with Gasteiger partial charge in [-0.2, -0.15) is 0 Å². The maximum atomic E-state index is 10.5. The number of hydrogen-bond acceptors (Lipinski definition) is 3. The van der Waals surface area contributed by atoms with Crippen LogP contribution >= 0.6 is 0 Å². The standard InChI is InChI=1S/C24H39NO2/c1-5-6-10-18(2)23(26)13-12-21-22-16-19(15-20(22)17-24(21)27)11-8-7-9-14-25(3)4/h11-13,18,20-24,26-27H,7-10,14-17H2,1-4H3/t18-,20-,21+,22-,23+,24+/m0/s1. The Hall–Kier alpha value is -1.08. The minimum Gasteiger partial charge on any atom is -0.392 e. The molecule has 0 unspecified atom stereocenters. The third kappa shape index (κ3) is 6.79. The Bertz CT molecular complexity index is 569. The van der Waals surface area contributed by atoms with Crippen molar-refractivity contribution < 1.29 is 10.2 Å². The van der Waals surface area contributed by atoms with E-state index in [9.17, 15) is 10.2 Å². The van der Waals surface area contributed by atoms with Crippen molar-refractivity contribution in [3.8, 4) is 11.8 Å². The molecule has 2 aliphatic carbocycles. The first-order valence-electron chi connectivity index (χ1n) is 10.7. The number of fused-ring (bicyclic) bond motifs is 1. The molecule has 0 aliphatic heterocycles. The molecule has 2 fully saturated rings. The zero-order valence-corrected chi connectivity index (χ0v) is 17.7. The number of aliphatic hydroxyl groups excluding tert-OH is 2. The summed E-state index contributed by atoms with van der Waals surface area (Å²) in [6, 6.07) is 0. The van der Waals surface area contributed by atoms with Gasteiger partial charge >= 0.3 is 0 Å². The monoisotopic (exact) mass is 373 g/mol. The normalized spacial score (nSPS) is 31.3. The molecule has 0 aromatic carbocycles. The lowest BCUT2D eigenvalue weighted by molar-refractivity contribution is 0.137. The molecule has 2 aliphatic rings. The molecule has 0 aromatic heterocycles. The number of allylic oxidation sites excluding steroid dienone is 2. The van der Waals surface area contributed by atoms with Crippen molar-refractivity contribution in [3.63, 3.8) is 0 Å². The first-order chi connectivity index (χ1) is 12.9. The lowest BCUT2D eigenvalue weighted by Crippen LogP contribution is -2.19. The Kier molecular flexibility index (Phi) is 9.09. The van der Waals surface area contributed by atoms with Crippen LogP contribution in [0.15, 0.2) is 23.8 Å². The molecule has 0 amide bonds. The predicted octanol–water partition coefficient (Wildman–Crippen LogP) is 4.02. The number of aliphatic hydroxyl groups is 2. The Labute approximate surface area is 166 Å². The van der Waals surface area contributed by atoms with Crippen molar-refractivity contribution in [2.75, 3.05) is 20.6 Å². The summed E-state index contributed by atoms with van der Waals surface area (Å²) in [5, 5.41) is 20.8. The zero-order valence-electron chi connectivity index (χ0n) is 17.7. The van der Waals surface area contributed by atoms with E-state index in [1.165, 1.54) is 19.3 Å². The van der Waals surface area contributed by atoms with Crippen molar-refractivity contribution in [3.05, 3.63) is 23.8 Å². The zero-order chi connectivity index (χ0) is 19.8. The number of nitrogens with zero attached hydrogens (tertiary/aromatic N) is 1. The van der Waals surface area contributed by atoms with Crippen LogP contribution < -0.4 is 0 Å². The largest absolute Gasteiger partial charge is 0.392 e. The predicted molar refractivity (Wildman–Crippen MR) is 113 cm³/mol. The van der Waals surface area contributed by atoms with Crippen molar-refractivity contribution in [2.45, 2.75) is 71.0 Å². The van der Waals surface area contributed by atoms with Gasteiger partial charge in [0, 0.05) is 12.3 Å². The number of hydrogen-bond donors (Lipinski definition) is 2.